The number of benzene rings is 1. The Bertz CT molecular complexity index is 422. The molecule has 3 rings (SSSR count). The monoisotopic (exact) mass is 234 g/mol. The van der Waals surface area contributed by atoms with E-state index in [4.69, 9.17) is 9.47 Å². The summed E-state index contributed by atoms with van der Waals surface area (Å²) in [7, 11) is 2.18. The number of likely N-dealkylation sites (N-methyl/N-ethyl adjacent to an activating group) is 1. The first kappa shape index (κ1) is 10.9. The van der Waals surface area contributed by atoms with Crippen molar-refractivity contribution in [3.8, 4) is 11.5 Å². The highest BCUT2D eigenvalue weighted by molar-refractivity contribution is 5.45. The Morgan fingerprint density at radius 1 is 1.24 bits per heavy atom. The summed E-state index contributed by atoms with van der Waals surface area (Å²) in [5, 5.41) is 3.47. The molecule has 1 saturated heterocycles. The topological polar surface area (TPSA) is 33.7 Å². The molecule has 0 saturated carbocycles. The molecule has 1 fully saturated rings. The lowest BCUT2D eigenvalue weighted by atomic mass is 10.0. The largest absolute Gasteiger partial charge is 0.454 e. The van der Waals surface area contributed by atoms with Crippen LogP contribution in [0.1, 0.15) is 18.5 Å². The molecule has 92 valence electrons. The Balaban J connectivity index is 1.88. The molecular weight excluding hydrogens is 216 g/mol. The molecule has 2 atom stereocenters. The van der Waals surface area contributed by atoms with Crippen LogP contribution in [-0.2, 0) is 0 Å². The molecule has 4 heteroatoms. The molecule has 2 unspecified atom stereocenters. The molecule has 1 N–H and O–H groups in total. The zero-order valence-electron chi connectivity index (χ0n) is 10.3. The van der Waals surface area contributed by atoms with Crippen LogP contribution in [0.4, 0.5) is 0 Å². The lowest BCUT2D eigenvalue weighted by Gasteiger charge is -2.38. The van der Waals surface area contributed by atoms with Crippen LogP contribution in [0.5, 0.6) is 11.5 Å². The highest BCUT2D eigenvalue weighted by atomic mass is 16.7. The van der Waals surface area contributed by atoms with Gasteiger partial charge in [-0.1, -0.05) is 6.07 Å². The van der Waals surface area contributed by atoms with Gasteiger partial charge in [0.05, 0.1) is 0 Å². The zero-order valence-corrected chi connectivity index (χ0v) is 10.3. The van der Waals surface area contributed by atoms with E-state index < -0.39 is 0 Å². The Kier molecular flexibility index (Phi) is 2.68. The molecule has 0 aromatic heterocycles. The van der Waals surface area contributed by atoms with Crippen LogP contribution in [0.2, 0.25) is 0 Å². The van der Waals surface area contributed by atoms with Gasteiger partial charge in [-0.25, -0.2) is 0 Å². The first-order valence-electron chi connectivity index (χ1n) is 6.08. The van der Waals surface area contributed by atoms with Gasteiger partial charge in [-0.2, -0.15) is 0 Å². The van der Waals surface area contributed by atoms with Crippen molar-refractivity contribution in [2.24, 2.45) is 0 Å². The van der Waals surface area contributed by atoms with Crippen molar-refractivity contribution in [1.29, 1.82) is 0 Å². The van der Waals surface area contributed by atoms with E-state index in [1.807, 2.05) is 6.07 Å². The molecule has 1 aromatic carbocycles. The summed E-state index contributed by atoms with van der Waals surface area (Å²) in [4.78, 5) is 2.41. The second-order valence-corrected chi connectivity index (χ2v) is 4.80. The van der Waals surface area contributed by atoms with Crippen LogP contribution in [0.3, 0.4) is 0 Å². The van der Waals surface area contributed by atoms with Crippen LogP contribution in [0.15, 0.2) is 18.2 Å². The molecule has 0 radical (unpaired) electrons. The average molecular weight is 234 g/mol. The minimum Gasteiger partial charge on any atom is -0.454 e. The third-order valence-electron chi connectivity index (χ3n) is 3.75. The summed E-state index contributed by atoms with van der Waals surface area (Å²) in [6.07, 6.45) is 0. The van der Waals surface area contributed by atoms with E-state index in [0.717, 1.165) is 24.6 Å². The van der Waals surface area contributed by atoms with Crippen LogP contribution < -0.4 is 14.8 Å². The van der Waals surface area contributed by atoms with Gasteiger partial charge < -0.3 is 14.8 Å². The maximum Gasteiger partial charge on any atom is 0.231 e. The van der Waals surface area contributed by atoms with Gasteiger partial charge in [0.1, 0.15) is 0 Å². The lowest BCUT2D eigenvalue weighted by molar-refractivity contribution is 0.141. The molecule has 0 spiro atoms. The highest BCUT2D eigenvalue weighted by Crippen LogP contribution is 2.35. The van der Waals surface area contributed by atoms with Gasteiger partial charge in [0.2, 0.25) is 6.79 Å². The third-order valence-corrected chi connectivity index (χ3v) is 3.75. The Labute approximate surface area is 102 Å². The molecule has 2 heterocycles. The van der Waals surface area contributed by atoms with E-state index in [1.165, 1.54) is 5.56 Å². The summed E-state index contributed by atoms with van der Waals surface area (Å²) in [5.41, 5.74) is 1.29. The second kappa shape index (κ2) is 4.20. The van der Waals surface area contributed by atoms with E-state index >= 15 is 0 Å². The van der Waals surface area contributed by atoms with Gasteiger partial charge in [-0.15, -0.1) is 0 Å². The summed E-state index contributed by atoms with van der Waals surface area (Å²) < 4.78 is 10.8. The van der Waals surface area contributed by atoms with Gasteiger partial charge in [-0.3, -0.25) is 4.90 Å². The van der Waals surface area contributed by atoms with Crippen molar-refractivity contribution in [3.05, 3.63) is 23.8 Å². The predicted molar refractivity (Wildman–Crippen MR) is 65.4 cm³/mol. The first-order valence-corrected chi connectivity index (χ1v) is 6.08. The Hall–Kier alpha value is -1.26. The Morgan fingerprint density at radius 3 is 2.94 bits per heavy atom. The molecule has 17 heavy (non-hydrogen) atoms. The number of hydrogen-bond acceptors (Lipinski definition) is 4. The van der Waals surface area contributed by atoms with Crippen molar-refractivity contribution in [2.75, 3.05) is 26.9 Å². The fourth-order valence-corrected chi connectivity index (χ4v) is 2.50. The van der Waals surface area contributed by atoms with Gasteiger partial charge in [0, 0.05) is 25.2 Å². The minimum atomic E-state index is 0.341. The van der Waals surface area contributed by atoms with Gasteiger partial charge in [0.15, 0.2) is 11.5 Å². The summed E-state index contributed by atoms with van der Waals surface area (Å²) in [6, 6.07) is 7.20. The van der Waals surface area contributed by atoms with Gasteiger partial charge >= 0.3 is 0 Å². The maximum atomic E-state index is 5.43. The molecular formula is C13H18N2O2. The maximum absolute atomic E-state index is 5.43. The van der Waals surface area contributed by atoms with E-state index in [1.54, 1.807) is 0 Å². The fraction of sp³-hybridized carbons (Fsp3) is 0.538. The molecule has 1 aromatic rings. The molecule has 0 aliphatic carbocycles. The molecule has 0 amide bonds. The number of hydrogen-bond donors (Lipinski definition) is 1. The first-order chi connectivity index (χ1) is 8.25. The fourth-order valence-electron chi connectivity index (χ4n) is 2.50. The standard InChI is InChI=1S/C13H18N2O2/c1-9-6-14-7-11(15(9)2)10-3-4-12-13(5-10)17-8-16-12/h3-5,9,11,14H,6-8H2,1-2H3. The average Bonchev–Trinajstić information content (AvgIpc) is 2.79. The number of nitrogens with zero attached hydrogens (tertiary/aromatic N) is 1. The summed E-state index contributed by atoms with van der Waals surface area (Å²) in [6.45, 7) is 4.62. The molecule has 2 aliphatic rings. The van der Waals surface area contributed by atoms with E-state index in [2.05, 4.69) is 36.3 Å². The number of piperazine rings is 1. The predicted octanol–water partition coefficient (Wildman–Crippen LogP) is 1.38. The van der Waals surface area contributed by atoms with Crippen LogP contribution >= 0.6 is 0 Å². The van der Waals surface area contributed by atoms with Crippen molar-refractivity contribution >= 4 is 0 Å². The number of ether oxygens (including phenoxy) is 2. The summed E-state index contributed by atoms with van der Waals surface area (Å²) in [5.74, 6) is 1.72. The van der Waals surface area contributed by atoms with Crippen LogP contribution in [-0.4, -0.2) is 37.9 Å². The minimum absolute atomic E-state index is 0.341. The molecule has 0 bridgehead atoms. The number of rotatable bonds is 1. The zero-order chi connectivity index (χ0) is 11.8. The quantitative estimate of drug-likeness (QED) is 0.796. The molecule has 4 nitrogen and oxygen atoms in total. The van der Waals surface area contributed by atoms with Crippen molar-refractivity contribution in [3.63, 3.8) is 0 Å². The normalized spacial score (nSPS) is 28.4. The Morgan fingerprint density at radius 2 is 2.06 bits per heavy atom. The van der Waals surface area contributed by atoms with E-state index in [9.17, 15) is 0 Å². The summed E-state index contributed by atoms with van der Waals surface area (Å²) >= 11 is 0. The van der Waals surface area contributed by atoms with Crippen molar-refractivity contribution in [1.82, 2.24) is 10.2 Å². The lowest BCUT2D eigenvalue weighted by Crippen LogP contribution is -2.49. The van der Waals surface area contributed by atoms with Crippen LogP contribution in [0, 0.1) is 0 Å². The highest BCUT2D eigenvalue weighted by Gasteiger charge is 2.26. The van der Waals surface area contributed by atoms with Gasteiger partial charge in [0.25, 0.3) is 0 Å². The second-order valence-electron chi connectivity index (χ2n) is 4.80. The smallest absolute Gasteiger partial charge is 0.231 e. The number of nitrogens with one attached hydrogen (secondary N) is 1. The SMILES string of the molecule is CC1CNCC(c2ccc3c(c2)OCO3)N1C. The van der Waals surface area contributed by atoms with Crippen molar-refractivity contribution in [2.45, 2.75) is 19.0 Å². The number of fused-ring (bicyclic) bond motifs is 1. The van der Waals surface area contributed by atoms with E-state index in [-0.39, 0.29) is 0 Å². The third kappa shape index (κ3) is 1.87. The molecule has 2 aliphatic heterocycles. The van der Waals surface area contributed by atoms with Crippen molar-refractivity contribution < 1.29 is 9.47 Å². The van der Waals surface area contributed by atoms with Gasteiger partial charge in [-0.05, 0) is 31.7 Å². The van der Waals surface area contributed by atoms with Crippen LogP contribution in [0.25, 0.3) is 0 Å². The van der Waals surface area contributed by atoms with E-state index in [0.29, 0.717) is 18.9 Å².